The van der Waals surface area contributed by atoms with E-state index in [0.717, 1.165) is 57.4 Å². The fraction of sp³-hybridized carbons (Fsp3) is 0.600. The Morgan fingerprint density at radius 1 is 1.38 bits per heavy atom. The third-order valence-corrected chi connectivity index (χ3v) is 5.13. The van der Waals surface area contributed by atoms with E-state index < -0.39 is 0 Å². The summed E-state index contributed by atoms with van der Waals surface area (Å²) in [7, 11) is 3.47. The summed E-state index contributed by atoms with van der Waals surface area (Å²) >= 11 is 0. The van der Waals surface area contributed by atoms with Crippen molar-refractivity contribution >= 4 is 17.7 Å². The molecule has 1 N–H and O–H groups in total. The van der Waals surface area contributed by atoms with Crippen molar-refractivity contribution in [3.63, 3.8) is 0 Å². The molecule has 3 heterocycles. The predicted octanol–water partition coefficient (Wildman–Crippen LogP) is 0.288. The van der Waals surface area contributed by atoms with Gasteiger partial charge < -0.3 is 24.8 Å². The first-order valence-electron chi connectivity index (χ1n) is 10.0. The fourth-order valence-corrected chi connectivity index (χ4v) is 3.37. The Kier molecular flexibility index (Phi) is 7.25. The highest BCUT2D eigenvalue weighted by Crippen LogP contribution is 2.15. The number of carbonyl (C=O) groups excluding carboxylic acids is 1. The van der Waals surface area contributed by atoms with E-state index in [-0.39, 0.29) is 18.6 Å². The summed E-state index contributed by atoms with van der Waals surface area (Å²) < 4.78 is 5.70. The lowest BCUT2D eigenvalue weighted by Crippen LogP contribution is -2.53. The maximum Gasteiger partial charge on any atom is 0.243 e. The van der Waals surface area contributed by atoms with Crippen LogP contribution in [0.3, 0.4) is 0 Å². The Labute approximate surface area is 172 Å². The molecule has 0 bridgehead atoms. The van der Waals surface area contributed by atoms with Gasteiger partial charge in [0.2, 0.25) is 5.91 Å². The number of amides is 1. The first kappa shape index (κ1) is 20.9. The summed E-state index contributed by atoms with van der Waals surface area (Å²) in [4.78, 5) is 26.8. The lowest BCUT2D eigenvalue weighted by Gasteiger charge is -2.37. The molecule has 0 radical (unpaired) electrons. The molecule has 1 unspecified atom stereocenters. The average molecular weight is 399 g/mol. The number of nitrogens with one attached hydrogen (secondary N) is 1. The number of hydrogen-bond donors (Lipinski definition) is 1. The van der Waals surface area contributed by atoms with E-state index in [9.17, 15) is 4.79 Å². The van der Waals surface area contributed by atoms with Crippen LogP contribution in [0.5, 0.6) is 0 Å². The molecule has 0 aliphatic carbocycles. The Bertz CT molecular complexity index is 760. The molecular weight excluding hydrogens is 370 g/mol. The quantitative estimate of drug-likeness (QED) is 0.561. The van der Waals surface area contributed by atoms with Crippen LogP contribution in [0.1, 0.15) is 18.5 Å². The smallest absolute Gasteiger partial charge is 0.243 e. The van der Waals surface area contributed by atoms with Crippen molar-refractivity contribution in [1.29, 1.82) is 5.26 Å². The first-order valence-corrected chi connectivity index (χ1v) is 10.0. The molecule has 2 saturated heterocycles. The van der Waals surface area contributed by atoms with Crippen LogP contribution in [0.15, 0.2) is 23.2 Å². The van der Waals surface area contributed by atoms with E-state index in [1.165, 1.54) is 0 Å². The molecule has 9 heteroatoms. The van der Waals surface area contributed by atoms with Gasteiger partial charge in [0, 0.05) is 53.4 Å². The van der Waals surface area contributed by atoms with Crippen LogP contribution < -0.4 is 10.2 Å². The zero-order valence-corrected chi connectivity index (χ0v) is 17.2. The number of pyridine rings is 1. The van der Waals surface area contributed by atoms with Crippen molar-refractivity contribution < 1.29 is 9.53 Å². The topological polar surface area (TPSA) is 97.1 Å². The number of nitrogens with zero attached hydrogens (tertiary/aromatic N) is 6. The van der Waals surface area contributed by atoms with Gasteiger partial charge in [-0.05, 0) is 25.0 Å². The van der Waals surface area contributed by atoms with E-state index >= 15 is 0 Å². The zero-order chi connectivity index (χ0) is 20.6. The number of rotatable bonds is 5. The Morgan fingerprint density at radius 2 is 2.17 bits per heavy atom. The summed E-state index contributed by atoms with van der Waals surface area (Å²) in [6.07, 6.45) is 2.33. The lowest BCUT2D eigenvalue weighted by atomic mass is 10.2. The number of ether oxygens (including phenoxy) is 1. The fourth-order valence-electron chi connectivity index (χ4n) is 3.37. The maximum atomic E-state index is 12.0. The van der Waals surface area contributed by atoms with Gasteiger partial charge in [0.25, 0.3) is 0 Å². The first-order chi connectivity index (χ1) is 14.1. The molecule has 1 aromatic heterocycles. The maximum absolute atomic E-state index is 12.0. The van der Waals surface area contributed by atoms with Crippen molar-refractivity contribution in [2.75, 3.05) is 64.9 Å². The molecule has 2 aliphatic heterocycles. The number of aliphatic imine (C=N–C) groups is 1. The van der Waals surface area contributed by atoms with Crippen molar-refractivity contribution in [1.82, 2.24) is 20.1 Å². The molecular formula is C20H29N7O2. The average Bonchev–Trinajstić information content (AvgIpc) is 3.27. The molecule has 3 rings (SSSR count). The number of hydrogen-bond acceptors (Lipinski definition) is 6. The second kappa shape index (κ2) is 10.1. The molecule has 1 aromatic rings. The van der Waals surface area contributed by atoms with Gasteiger partial charge in [-0.1, -0.05) is 6.07 Å². The van der Waals surface area contributed by atoms with Crippen molar-refractivity contribution in [3.05, 3.63) is 23.9 Å². The molecule has 2 fully saturated rings. The monoisotopic (exact) mass is 399 g/mol. The number of piperazine rings is 1. The number of anilines is 1. The predicted molar refractivity (Wildman–Crippen MR) is 111 cm³/mol. The molecule has 0 saturated carbocycles. The van der Waals surface area contributed by atoms with Gasteiger partial charge in [0.15, 0.2) is 5.96 Å². The molecule has 1 atom stereocenters. The third kappa shape index (κ3) is 5.81. The van der Waals surface area contributed by atoms with Crippen molar-refractivity contribution in [2.24, 2.45) is 4.99 Å². The summed E-state index contributed by atoms with van der Waals surface area (Å²) in [6.45, 7) is 4.67. The Morgan fingerprint density at radius 3 is 2.83 bits per heavy atom. The van der Waals surface area contributed by atoms with E-state index in [1.54, 1.807) is 25.1 Å². The van der Waals surface area contributed by atoms with Crippen molar-refractivity contribution in [2.45, 2.75) is 18.9 Å². The van der Waals surface area contributed by atoms with Gasteiger partial charge >= 0.3 is 0 Å². The molecule has 0 aromatic carbocycles. The van der Waals surface area contributed by atoms with Crippen LogP contribution in [0.4, 0.5) is 5.82 Å². The largest absolute Gasteiger partial charge is 0.376 e. The highest BCUT2D eigenvalue weighted by atomic mass is 16.5. The highest BCUT2D eigenvalue weighted by Gasteiger charge is 2.23. The second-order valence-electron chi connectivity index (χ2n) is 7.41. The summed E-state index contributed by atoms with van der Waals surface area (Å²) in [5.41, 5.74) is 0.424. The minimum atomic E-state index is -0.0300. The van der Waals surface area contributed by atoms with Gasteiger partial charge in [0.05, 0.1) is 6.10 Å². The van der Waals surface area contributed by atoms with Crippen LogP contribution in [0, 0.1) is 11.3 Å². The third-order valence-electron chi connectivity index (χ3n) is 5.13. The normalized spacial score (nSPS) is 19.8. The van der Waals surface area contributed by atoms with Gasteiger partial charge in [-0.2, -0.15) is 5.26 Å². The number of nitriles is 1. The van der Waals surface area contributed by atoms with Gasteiger partial charge in [0.1, 0.15) is 24.1 Å². The second-order valence-corrected chi connectivity index (χ2v) is 7.41. The van der Waals surface area contributed by atoms with Gasteiger partial charge in [-0.25, -0.2) is 9.98 Å². The van der Waals surface area contributed by atoms with Crippen LogP contribution >= 0.6 is 0 Å². The van der Waals surface area contributed by atoms with E-state index in [0.29, 0.717) is 12.2 Å². The number of likely N-dealkylation sites (N-methyl/N-ethyl adjacent to an activating group) is 1. The molecule has 156 valence electrons. The Balaban J connectivity index is 1.62. The summed E-state index contributed by atoms with van der Waals surface area (Å²) in [5, 5.41) is 12.5. The SMILES string of the molecule is CN(C)C(=O)CN=C(NCC1CCCO1)N1CCN(c2cccc(C#N)n2)CC1. The van der Waals surface area contributed by atoms with Crippen LogP contribution in [-0.2, 0) is 9.53 Å². The van der Waals surface area contributed by atoms with Crippen molar-refractivity contribution in [3.8, 4) is 6.07 Å². The number of aromatic nitrogens is 1. The van der Waals surface area contributed by atoms with Crippen LogP contribution in [-0.4, -0.2) is 92.7 Å². The Hall–Kier alpha value is -2.86. The van der Waals surface area contributed by atoms with E-state index in [1.807, 2.05) is 12.1 Å². The number of carbonyl (C=O) groups is 1. The van der Waals surface area contributed by atoms with E-state index in [4.69, 9.17) is 10.00 Å². The van der Waals surface area contributed by atoms with Crippen LogP contribution in [0.25, 0.3) is 0 Å². The summed E-state index contributed by atoms with van der Waals surface area (Å²) in [5.74, 6) is 1.53. The van der Waals surface area contributed by atoms with Gasteiger partial charge in [-0.3, -0.25) is 4.79 Å². The standard InChI is InChI=1S/C20H29N7O2/c1-25(2)19(28)15-23-20(22-14-17-6-4-12-29-17)27-10-8-26(9-11-27)18-7-3-5-16(13-21)24-18/h3,5,7,17H,4,6,8-12,14-15H2,1-2H3,(H,22,23). The lowest BCUT2D eigenvalue weighted by molar-refractivity contribution is -0.127. The minimum absolute atomic E-state index is 0.0300. The van der Waals surface area contributed by atoms with Crippen LogP contribution in [0.2, 0.25) is 0 Å². The van der Waals surface area contributed by atoms with E-state index in [2.05, 4.69) is 31.2 Å². The molecule has 29 heavy (non-hydrogen) atoms. The number of guanidine groups is 1. The highest BCUT2D eigenvalue weighted by molar-refractivity contribution is 5.85. The molecule has 1 amide bonds. The molecule has 2 aliphatic rings. The summed E-state index contributed by atoms with van der Waals surface area (Å²) in [6, 6.07) is 7.58. The minimum Gasteiger partial charge on any atom is -0.376 e. The van der Waals surface area contributed by atoms with Gasteiger partial charge in [-0.15, -0.1) is 0 Å². The zero-order valence-electron chi connectivity index (χ0n) is 17.2. The molecule has 9 nitrogen and oxygen atoms in total. The molecule has 0 spiro atoms.